The minimum atomic E-state index is -1.14. The Balaban J connectivity index is 1.48. The highest BCUT2D eigenvalue weighted by atomic mass is 19.1. The summed E-state index contributed by atoms with van der Waals surface area (Å²) >= 11 is 0. The Morgan fingerprint density at radius 1 is 0.820 bits per heavy atom. The van der Waals surface area contributed by atoms with Crippen LogP contribution in [0.25, 0.3) is 22.6 Å². The fraction of sp³-hybridized carbons (Fsp3) is 0.160. The number of anilines is 1. The van der Waals surface area contributed by atoms with Crippen molar-refractivity contribution in [3.05, 3.63) is 203 Å². The molecule has 8 aromatic rings. The fourth-order valence-corrected chi connectivity index (χ4v) is 7.82. The van der Waals surface area contributed by atoms with Crippen molar-refractivity contribution < 1.29 is 28.3 Å². The van der Waals surface area contributed by atoms with E-state index in [2.05, 4.69) is 51.9 Å². The number of halogens is 1. The van der Waals surface area contributed by atoms with Crippen LogP contribution in [-0.4, -0.2) is 43.5 Å². The van der Waals surface area contributed by atoms with Crippen LogP contribution < -0.4 is 14.8 Å². The van der Waals surface area contributed by atoms with E-state index < -0.39 is 23.4 Å². The highest BCUT2D eigenvalue weighted by molar-refractivity contribution is 5.95. The van der Waals surface area contributed by atoms with Crippen molar-refractivity contribution in [2.24, 2.45) is 0 Å². The first-order chi connectivity index (χ1) is 29.7. The summed E-state index contributed by atoms with van der Waals surface area (Å²) in [6.45, 7) is 7.58. The highest BCUT2D eigenvalue weighted by Gasteiger charge is 2.42. The number of aromatic nitrogens is 4. The first-order valence-corrected chi connectivity index (χ1v) is 20.1. The van der Waals surface area contributed by atoms with Gasteiger partial charge in [-0.25, -0.2) is 14.2 Å². The number of benzene rings is 6. The number of carbonyl (C=O) groups is 1. The zero-order valence-electron chi connectivity index (χ0n) is 34.1. The molecule has 0 saturated heterocycles. The number of hydrogen-bond acceptors (Lipinski definition) is 8. The molecular weight excluding hydrogens is 770 g/mol. The molecule has 1 unspecified atom stereocenters. The van der Waals surface area contributed by atoms with Crippen molar-refractivity contribution in [3.63, 3.8) is 0 Å². The second-order valence-corrected chi connectivity index (χ2v) is 14.7. The van der Waals surface area contributed by atoms with Crippen LogP contribution in [-0.2, 0) is 5.54 Å². The molecule has 0 fully saturated rings. The number of aryl methyl sites for hydroxylation is 1. The predicted octanol–water partition coefficient (Wildman–Crippen LogP) is 11.0. The van der Waals surface area contributed by atoms with Gasteiger partial charge in [-0.05, 0) is 73.9 Å². The standard InChI is InChI=1S/C50H44FN5O5/c1-5-59-39-29-42(45(51)44(30-39)60-32(2)3)46(53-38-27-25-34(26-28-38)47-52-33(4)61-55-47)48-54-43(40-23-15-16-24-41(40)49(57)58)31-56(48)50(35-17-9-6-10-18-35,36-19-11-7-12-20-36)37-21-13-8-14-22-37/h6-32,46,53H,5H2,1-4H3,(H,57,58). The van der Waals surface area contributed by atoms with E-state index >= 15 is 4.39 Å². The molecule has 11 heteroatoms. The second-order valence-electron chi connectivity index (χ2n) is 14.7. The summed E-state index contributed by atoms with van der Waals surface area (Å²) in [5, 5.41) is 18.2. The van der Waals surface area contributed by atoms with Gasteiger partial charge in [0.25, 0.3) is 0 Å². The van der Waals surface area contributed by atoms with Gasteiger partial charge in [-0.15, -0.1) is 0 Å². The number of hydrogen-bond donors (Lipinski definition) is 2. The fourth-order valence-electron chi connectivity index (χ4n) is 7.82. The van der Waals surface area contributed by atoms with E-state index in [0.717, 1.165) is 22.3 Å². The van der Waals surface area contributed by atoms with Crippen LogP contribution in [0.15, 0.2) is 162 Å². The molecule has 61 heavy (non-hydrogen) atoms. The average molecular weight is 814 g/mol. The van der Waals surface area contributed by atoms with Crippen LogP contribution in [0.3, 0.4) is 0 Å². The van der Waals surface area contributed by atoms with E-state index in [1.54, 1.807) is 43.3 Å². The first kappa shape index (κ1) is 40.3. The Morgan fingerprint density at radius 2 is 1.41 bits per heavy atom. The Kier molecular flexibility index (Phi) is 11.5. The third kappa shape index (κ3) is 7.97. The number of ether oxygens (including phenoxy) is 2. The molecule has 0 aliphatic heterocycles. The van der Waals surface area contributed by atoms with Gasteiger partial charge in [-0.2, -0.15) is 4.98 Å². The summed E-state index contributed by atoms with van der Waals surface area (Å²) in [7, 11) is 0. The van der Waals surface area contributed by atoms with Gasteiger partial charge in [0.05, 0.1) is 24.0 Å². The molecule has 0 saturated carbocycles. The number of nitrogens with zero attached hydrogens (tertiary/aromatic N) is 4. The molecule has 0 aliphatic rings. The SMILES string of the molecule is CCOc1cc(OC(C)C)c(F)c(C(Nc2ccc(-c3noc(C)n3)cc2)c2nc(-c3ccccc3C(=O)O)cn2C(c2ccccc2)(c2ccccc2)c2ccccc2)c1. The second kappa shape index (κ2) is 17.4. The number of rotatable bonds is 15. The maximum atomic E-state index is 17.5. The third-order valence-corrected chi connectivity index (χ3v) is 10.4. The molecule has 0 aliphatic carbocycles. The number of carboxylic acid groups (broad SMARTS) is 1. The first-order valence-electron chi connectivity index (χ1n) is 20.1. The Hall–Kier alpha value is -7.53. The zero-order chi connectivity index (χ0) is 42.5. The van der Waals surface area contributed by atoms with E-state index in [4.69, 9.17) is 19.0 Å². The third-order valence-electron chi connectivity index (χ3n) is 10.4. The molecule has 10 nitrogen and oxygen atoms in total. The zero-order valence-corrected chi connectivity index (χ0v) is 34.1. The van der Waals surface area contributed by atoms with Crippen molar-refractivity contribution in [3.8, 4) is 34.1 Å². The van der Waals surface area contributed by atoms with Gasteiger partial charge in [0.15, 0.2) is 11.6 Å². The predicted molar refractivity (Wildman–Crippen MR) is 232 cm³/mol. The quantitative estimate of drug-likeness (QED) is 0.0973. The maximum Gasteiger partial charge on any atom is 0.336 e. The van der Waals surface area contributed by atoms with Gasteiger partial charge in [-0.3, -0.25) is 0 Å². The van der Waals surface area contributed by atoms with Crippen LogP contribution in [0.2, 0.25) is 0 Å². The minimum Gasteiger partial charge on any atom is -0.494 e. The van der Waals surface area contributed by atoms with E-state index in [-0.39, 0.29) is 23.0 Å². The molecule has 2 N–H and O–H groups in total. The smallest absolute Gasteiger partial charge is 0.336 e. The van der Waals surface area contributed by atoms with Gasteiger partial charge in [0.1, 0.15) is 23.2 Å². The largest absolute Gasteiger partial charge is 0.494 e. The van der Waals surface area contributed by atoms with E-state index in [0.29, 0.717) is 46.8 Å². The molecule has 6 aromatic carbocycles. The van der Waals surface area contributed by atoms with Crippen molar-refractivity contribution in [1.82, 2.24) is 19.7 Å². The lowest BCUT2D eigenvalue weighted by Gasteiger charge is -2.39. The molecule has 0 spiro atoms. The molecule has 1 atom stereocenters. The Labute approximate surface area is 353 Å². The maximum absolute atomic E-state index is 17.5. The number of carboxylic acids is 1. The summed E-state index contributed by atoms with van der Waals surface area (Å²) in [6, 6.07) is 46.5. The van der Waals surface area contributed by atoms with Crippen molar-refractivity contribution in [2.45, 2.75) is 45.4 Å². The van der Waals surface area contributed by atoms with Crippen LogP contribution in [0.4, 0.5) is 10.1 Å². The molecule has 0 bridgehead atoms. The lowest BCUT2D eigenvalue weighted by Crippen LogP contribution is -2.39. The van der Waals surface area contributed by atoms with Crippen LogP contribution in [0.1, 0.15) is 71.1 Å². The van der Waals surface area contributed by atoms with E-state index in [1.165, 1.54) is 0 Å². The summed E-state index contributed by atoms with van der Waals surface area (Å²) in [6.07, 6.45) is 1.52. The molecule has 0 amide bonds. The molecule has 2 aromatic heterocycles. The summed E-state index contributed by atoms with van der Waals surface area (Å²) < 4.78 is 37.0. The topological polar surface area (TPSA) is 125 Å². The minimum absolute atomic E-state index is 0.0144. The number of nitrogens with one attached hydrogen (secondary N) is 1. The van der Waals surface area contributed by atoms with Crippen LogP contribution >= 0.6 is 0 Å². The molecule has 2 heterocycles. The van der Waals surface area contributed by atoms with Crippen molar-refractivity contribution in [2.75, 3.05) is 11.9 Å². The molecule has 306 valence electrons. The number of imidazole rings is 1. The Bertz CT molecular complexity index is 2660. The monoisotopic (exact) mass is 813 g/mol. The van der Waals surface area contributed by atoms with Crippen molar-refractivity contribution >= 4 is 11.7 Å². The van der Waals surface area contributed by atoms with Crippen molar-refractivity contribution in [1.29, 1.82) is 0 Å². The van der Waals surface area contributed by atoms with E-state index in [9.17, 15) is 9.90 Å². The lowest BCUT2D eigenvalue weighted by atomic mass is 9.76. The lowest BCUT2D eigenvalue weighted by molar-refractivity contribution is 0.0697. The van der Waals surface area contributed by atoms with E-state index in [1.807, 2.05) is 110 Å². The number of aromatic carboxylic acids is 1. The summed E-state index contributed by atoms with van der Waals surface area (Å²) in [5.41, 5.74) is 3.87. The summed E-state index contributed by atoms with van der Waals surface area (Å²) in [4.78, 5) is 22.6. The molecule has 0 radical (unpaired) electrons. The highest BCUT2D eigenvalue weighted by Crippen LogP contribution is 2.46. The Morgan fingerprint density at radius 3 is 1.95 bits per heavy atom. The summed E-state index contributed by atoms with van der Waals surface area (Å²) in [5.74, 6) is -0.0632. The van der Waals surface area contributed by atoms with Gasteiger partial charge in [-0.1, -0.05) is 114 Å². The molecular formula is C50H44FN5O5. The van der Waals surface area contributed by atoms with Crippen LogP contribution in [0, 0.1) is 12.7 Å². The van der Waals surface area contributed by atoms with Gasteiger partial charge < -0.3 is 29.0 Å². The van der Waals surface area contributed by atoms with Gasteiger partial charge >= 0.3 is 5.97 Å². The van der Waals surface area contributed by atoms with Gasteiger partial charge in [0, 0.05) is 41.6 Å². The van der Waals surface area contributed by atoms with Crippen LogP contribution in [0.5, 0.6) is 11.5 Å². The van der Waals surface area contributed by atoms with Gasteiger partial charge in [0.2, 0.25) is 11.7 Å². The molecule has 8 rings (SSSR count). The normalized spacial score (nSPS) is 12.0. The average Bonchev–Trinajstić information content (AvgIpc) is 3.93.